The van der Waals surface area contributed by atoms with Crippen molar-refractivity contribution in [3.8, 4) is 11.1 Å². The van der Waals surface area contributed by atoms with Crippen LogP contribution in [0, 0.1) is 13.8 Å². The molecule has 7 heteroatoms. The number of benzene rings is 3. The lowest BCUT2D eigenvalue weighted by atomic mass is 9.92. The van der Waals surface area contributed by atoms with Crippen LogP contribution < -0.4 is 5.32 Å². The second-order valence-electron chi connectivity index (χ2n) is 8.43. The van der Waals surface area contributed by atoms with Gasteiger partial charge in [0.2, 0.25) is 15.9 Å². The van der Waals surface area contributed by atoms with Crippen molar-refractivity contribution >= 4 is 32.5 Å². The van der Waals surface area contributed by atoms with Crippen LogP contribution in [0.5, 0.6) is 0 Å². The number of nitrogens with zero attached hydrogens (tertiary/aromatic N) is 2. The molecule has 0 aliphatic rings. The van der Waals surface area contributed by atoms with Crippen LogP contribution in [0.1, 0.15) is 16.8 Å². The van der Waals surface area contributed by atoms with E-state index in [2.05, 4.69) is 5.32 Å². The van der Waals surface area contributed by atoms with Crippen molar-refractivity contribution in [2.45, 2.75) is 25.2 Å². The van der Waals surface area contributed by atoms with E-state index >= 15 is 0 Å². The first-order valence-electron chi connectivity index (χ1n) is 10.9. The number of fused-ring (bicyclic) bond motifs is 1. The van der Waals surface area contributed by atoms with Crippen molar-refractivity contribution in [1.29, 1.82) is 0 Å². The van der Waals surface area contributed by atoms with Crippen LogP contribution >= 0.6 is 0 Å². The van der Waals surface area contributed by atoms with E-state index in [4.69, 9.17) is 4.98 Å². The molecule has 34 heavy (non-hydrogen) atoms. The van der Waals surface area contributed by atoms with Gasteiger partial charge in [0.1, 0.15) is 0 Å². The van der Waals surface area contributed by atoms with Crippen LogP contribution in [0.15, 0.2) is 77.7 Å². The molecule has 0 saturated heterocycles. The molecule has 6 nitrogen and oxygen atoms in total. The number of pyridine rings is 1. The number of carbonyl (C=O) groups excluding carboxylic acids is 1. The molecule has 0 saturated carbocycles. The van der Waals surface area contributed by atoms with E-state index < -0.39 is 10.0 Å². The van der Waals surface area contributed by atoms with E-state index in [9.17, 15) is 13.2 Å². The zero-order valence-corrected chi connectivity index (χ0v) is 20.5. The normalized spacial score (nSPS) is 11.7. The fraction of sp³-hybridized carbons (Fsp3) is 0.185. The van der Waals surface area contributed by atoms with Crippen molar-refractivity contribution in [1.82, 2.24) is 9.29 Å². The number of aryl methyl sites for hydroxylation is 2. The molecular weight excluding hydrogens is 446 g/mol. The lowest BCUT2D eigenvalue weighted by Crippen LogP contribution is -2.23. The molecule has 1 amide bonds. The minimum atomic E-state index is -3.63. The SMILES string of the molecule is Cc1ccc(NC(=O)Cc2c(C)nc3ccccc3c2-c2ccccc2)cc1S(=O)(=O)N(C)C. The van der Waals surface area contributed by atoms with Gasteiger partial charge in [0.15, 0.2) is 0 Å². The summed E-state index contributed by atoms with van der Waals surface area (Å²) >= 11 is 0. The zero-order chi connectivity index (χ0) is 24.5. The minimum Gasteiger partial charge on any atom is -0.326 e. The van der Waals surface area contributed by atoms with Gasteiger partial charge in [-0.1, -0.05) is 54.6 Å². The number of sulfonamides is 1. The lowest BCUT2D eigenvalue weighted by molar-refractivity contribution is -0.115. The highest BCUT2D eigenvalue weighted by molar-refractivity contribution is 7.89. The van der Waals surface area contributed by atoms with Gasteiger partial charge in [0.25, 0.3) is 0 Å². The molecule has 0 radical (unpaired) electrons. The fourth-order valence-electron chi connectivity index (χ4n) is 4.04. The van der Waals surface area contributed by atoms with Crippen molar-refractivity contribution < 1.29 is 13.2 Å². The van der Waals surface area contributed by atoms with Gasteiger partial charge < -0.3 is 5.32 Å². The third kappa shape index (κ3) is 4.58. The van der Waals surface area contributed by atoms with Gasteiger partial charge in [-0.05, 0) is 54.3 Å². The summed E-state index contributed by atoms with van der Waals surface area (Å²) in [4.78, 5) is 18.0. The summed E-state index contributed by atoms with van der Waals surface area (Å²) in [6, 6.07) is 22.8. The third-order valence-corrected chi connectivity index (χ3v) is 7.79. The second-order valence-corrected chi connectivity index (χ2v) is 10.5. The molecule has 1 N–H and O–H groups in total. The molecule has 0 bridgehead atoms. The van der Waals surface area contributed by atoms with Crippen LogP contribution in [-0.2, 0) is 21.2 Å². The molecule has 0 unspecified atom stereocenters. The topological polar surface area (TPSA) is 79.4 Å². The second kappa shape index (κ2) is 9.37. The lowest BCUT2D eigenvalue weighted by Gasteiger charge is -2.17. The zero-order valence-electron chi connectivity index (χ0n) is 19.7. The predicted octanol–water partition coefficient (Wildman–Crippen LogP) is 4.95. The molecule has 3 aromatic carbocycles. The maximum absolute atomic E-state index is 13.1. The molecule has 0 fully saturated rings. The van der Waals surface area contributed by atoms with Crippen LogP contribution in [-0.4, -0.2) is 37.7 Å². The van der Waals surface area contributed by atoms with Gasteiger partial charge in [0.05, 0.1) is 16.8 Å². The molecule has 0 aliphatic heterocycles. The maximum Gasteiger partial charge on any atom is 0.242 e. The highest BCUT2D eigenvalue weighted by atomic mass is 32.2. The molecule has 4 aromatic rings. The summed E-state index contributed by atoms with van der Waals surface area (Å²) in [5.41, 5.74) is 5.56. The average Bonchev–Trinajstić information content (AvgIpc) is 2.81. The number of hydrogen-bond acceptors (Lipinski definition) is 4. The van der Waals surface area contributed by atoms with E-state index in [0.717, 1.165) is 37.6 Å². The smallest absolute Gasteiger partial charge is 0.242 e. The van der Waals surface area contributed by atoms with Gasteiger partial charge in [-0.25, -0.2) is 12.7 Å². The van der Waals surface area contributed by atoms with E-state index in [1.54, 1.807) is 19.1 Å². The number of anilines is 1. The molecule has 1 aromatic heterocycles. The van der Waals surface area contributed by atoms with Crippen LogP contribution in [0.25, 0.3) is 22.0 Å². The average molecular weight is 474 g/mol. The molecular formula is C27H27N3O3S. The largest absolute Gasteiger partial charge is 0.326 e. The Morgan fingerprint density at radius 3 is 2.32 bits per heavy atom. The van der Waals surface area contributed by atoms with Crippen LogP contribution in [0.4, 0.5) is 5.69 Å². The van der Waals surface area contributed by atoms with Crippen LogP contribution in [0.2, 0.25) is 0 Å². The number of rotatable bonds is 6. The van der Waals surface area contributed by atoms with E-state index in [0.29, 0.717) is 11.3 Å². The number of nitrogens with one attached hydrogen (secondary N) is 1. The third-order valence-electron chi connectivity index (χ3n) is 5.83. The Kier molecular flexibility index (Phi) is 6.50. The van der Waals surface area contributed by atoms with E-state index in [1.165, 1.54) is 20.2 Å². The number of para-hydroxylation sites is 1. The Morgan fingerprint density at radius 1 is 0.941 bits per heavy atom. The molecule has 1 heterocycles. The van der Waals surface area contributed by atoms with Crippen LogP contribution in [0.3, 0.4) is 0 Å². The summed E-state index contributed by atoms with van der Waals surface area (Å²) in [5.74, 6) is -0.241. The predicted molar refractivity (Wildman–Crippen MR) is 136 cm³/mol. The first kappa shape index (κ1) is 23.6. The molecule has 0 spiro atoms. The minimum absolute atomic E-state index is 0.109. The van der Waals surface area contributed by atoms with Gasteiger partial charge in [-0.15, -0.1) is 0 Å². The Morgan fingerprint density at radius 2 is 1.62 bits per heavy atom. The number of amides is 1. The van der Waals surface area contributed by atoms with Crippen molar-refractivity contribution in [2.75, 3.05) is 19.4 Å². The quantitative estimate of drug-likeness (QED) is 0.430. The number of hydrogen-bond donors (Lipinski definition) is 1. The fourth-order valence-corrected chi connectivity index (χ4v) is 5.19. The van der Waals surface area contributed by atoms with Crippen molar-refractivity contribution in [2.24, 2.45) is 0 Å². The van der Waals surface area contributed by atoms with Gasteiger partial charge in [-0.2, -0.15) is 0 Å². The summed E-state index contributed by atoms with van der Waals surface area (Å²) < 4.78 is 26.5. The summed E-state index contributed by atoms with van der Waals surface area (Å²) in [7, 11) is -0.653. The molecule has 174 valence electrons. The van der Waals surface area contributed by atoms with E-state index in [-0.39, 0.29) is 17.2 Å². The molecule has 0 atom stereocenters. The highest BCUT2D eigenvalue weighted by Gasteiger charge is 2.21. The summed E-state index contributed by atoms with van der Waals surface area (Å²) in [6.45, 7) is 3.65. The standard InChI is InChI=1S/C27H27N3O3S/c1-18-14-15-21(16-25(18)34(32,33)30(3)4)29-26(31)17-23-19(2)28-24-13-9-8-12-22(24)27(23)20-10-6-5-7-11-20/h5-16H,17H2,1-4H3,(H,29,31). The Hall–Kier alpha value is -3.55. The first-order chi connectivity index (χ1) is 16.2. The molecule has 4 rings (SSSR count). The molecule has 0 aliphatic carbocycles. The Bertz CT molecular complexity index is 1480. The van der Waals surface area contributed by atoms with Crippen molar-refractivity contribution in [3.05, 3.63) is 89.6 Å². The Labute approximate surface area is 200 Å². The first-order valence-corrected chi connectivity index (χ1v) is 12.4. The number of aromatic nitrogens is 1. The van der Waals surface area contributed by atoms with Gasteiger partial charge in [-0.3, -0.25) is 9.78 Å². The van der Waals surface area contributed by atoms with E-state index in [1.807, 2.05) is 61.5 Å². The summed E-state index contributed by atoms with van der Waals surface area (Å²) in [5, 5.41) is 3.86. The monoisotopic (exact) mass is 473 g/mol. The Balaban J connectivity index is 1.72. The highest BCUT2D eigenvalue weighted by Crippen LogP contribution is 2.33. The van der Waals surface area contributed by atoms with Gasteiger partial charge in [0, 0.05) is 30.9 Å². The maximum atomic E-state index is 13.1. The summed E-state index contributed by atoms with van der Waals surface area (Å²) in [6.07, 6.45) is 0.109. The number of carbonyl (C=O) groups is 1. The van der Waals surface area contributed by atoms with Gasteiger partial charge >= 0.3 is 0 Å². The van der Waals surface area contributed by atoms with Crippen molar-refractivity contribution in [3.63, 3.8) is 0 Å².